The molecule has 3 heteroatoms. The minimum absolute atomic E-state index is 0.474. The van der Waals surface area contributed by atoms with Gasteiger partial charge in [0.25, 0.3) is 0 Å². The summed E-state index contributed by atoms with van der Waals surface area (Å²) < 4.78 is 10.3. The lowest BCUT2D eigenvalue weighted by molar-refractivity contribution is -0.267. The van der Waals surface area contributed by atoms with Crippen LogP contribution < -0.4 is 5.73 Å². The molecule has 0 aliphatic carbocycles. The van der Waals surface area contributed by atoms with Gasteiger partial charge in [0.15, 0.2) is 0 Å². The Labute approximate surface area is 55.1 Å². The van der Waals surface area contributed by atoms with E-state index in [1.54, 1.807) is 6.92 Å². The summed E-state index contributed by atoms with van der Waals surface area (Å²) in [5.41, 5.74) is 5.50. The van der Waals surface area contributed by atoms with Gasteiger partial charge < -0.3 is 9.47 Å². The van der Waals surface area contributed by atoms with Crippen LogP contribution in [0, 0.1) is 5.92 Å². The molecule has 1 aliphatic heterocycles. The zero-order chi connectivity index (χ0) is 6.91. The minimum atomic E-state index is -0.841. The molecule has 0 radical (unpaired) electrons. The van der Waals surface area contributed by atoms with Crippen LogP contribution in [0.5, 0.6) is 0 Å². The maximum atomic E-state index is 5.50. The van der Waals surface area contributed by atoms with E-state index in [0.29, 0.717) is 19.1 Å². The number of nitrogens with two attached hydrogens (primary N) is 1. The van der Waals surface area contributed by atoms with E-state index in [0.717, 1.165) is 0 Å². The molecule has 1 rings (SSSR count). The Kier molecular flexibility index (Phi) is 1.75. The lowest BCUT2D eigenvalue weighted by Crippen LogP contribution is -2.48. The Morgan fingerprint density at radius 1 is 1.44 bits per heavy atom. The van der Waals surface area contributed by atoms with Gasteiger partial charge in [0.1, 0.15) is 0 Å². The van der Waals surface area contributed by atoms with E-state index in [1.165, 1.54) is 0 Å². The summed E-state index contributed by atoms with van der Waals surface area (Å²) in [7, 11) is 0. The van der Waals surface area contributed by atoms with Crippen molar-refractivity contribution in [3.63, 3.8) is 0 Å². The number of rotatable bonds is 0. The Morgan fingerprint density at radius 3 is 2.22 bits per heavy atom. The molecule has 2 N–H and O–H groups in total. The Balaban J connectivity index is 2.35. The number of hydrogen-bond donors (Lipinski definition) is 1. The summed E-state index contributed by atoms with van der Waals surface area (Å²) in [5.74, 6) is -0.367. The molecule has 0 aromatic rings. The van der Waals surface area contributed by atoms with Gasteiger partial charge in [0.2, 0.25) is 5.91 Å². The normalized spacial score (nSPS) is 45.0. The first-order valence-electron chi connectivity index (χ1n) is 3.17. The molecule has 0 bridgehead atoms. The van der Waals surface area contributed by atoms with E-state index < -0.39 is 5.91 Å². The summed E-state index contributed by atoms with van der Waals surface area (Å²) in [6, 6.07) is 0. The van der Waals surface area contributed by atoms with Crippen molar-refractivity contribution in [1.82, 2.24) is 0 Å². The summed E-state index contributed by atoms with van der Waals surface area (Å²) in [4.78, 5) is 0. The molecule has 1 aliphatic rings. The van der Waals surface area contributed by atoms with E-state index in [4.69, 9.17) is 15.2 Å². The second kappa shape index (κ2) is 2.25. The van der Waals surface area contributed by atoms with Gasteiger partial charge in [-0.2, -0.15) is 0 Å². The fourth-order valence-corrected chi connectivity index (χ4v) is 0.705. The van der Waals surface area contributed by atoms with Crippen LogP contribution in [0.1, 0.15) is 13.8 Å². The van der Waals surface area contributed by atoms with Crippen molar-refractivity contribution in [3.8, 4) is 0 Å². The molecule has 1 fully saturated rings. The quantitative estimate of drug-likeness (QED) is 0.514. The van der Waals surface area contributed by atoms with E-state index in [-0.39, 0.29) is 0 Å². The molecule has 0 spiro atoms. The highest BCUT2D eigenvalue weighted by molar-refractivity contribution is 4.61. The summed E-state index contributed by atoms with van der Waals surface area (Å²) >= 11 is 0. The third-order valence-corrected chi connectivity index (χ3v) is 1.31. The summed E-state index contributed by atoms with van der Waals surface area (Å²) in [5, 5.41) is 0. The smallest absolute Gasteiger partial charge is 0.221 e. The van der Waals surface area contributed by atoms with Crippen molar-refractivity contribution in [2.45, 2.75) is 19.8 Å². The summed E-state index contributed by atoms with van der Waals surface area (Å²) in [6.07, 6.45) is 0. The predicted molar refractivity (Wildman–Crippen MR) is 33.7 cm³/mol. The highest BCUT2D eigenvalue weighted by atomic mass is 16.7. The highest BCUT2D eigenvalue weighted by Gasteiger charge is 2.26. The SMILES string of the molecule is CC1COC(C)(N)OC1. The van der Waals surface area contributed by atoms with Gasteiger partial charge in [-0.3, -0.25) is 5.73 Å². The Hall–Kier alpha value is -0.120. The summed E-state index contributed by atoms with van der Waals surface area (Å²) in [6.45, 7) is 5.19. The van der Waals surface area contributed by atoms with E-state index in [1.807, 2.05) is 0 Å². The second-order valence-electron chi connectivity index (χ2n) is 2.74. The molecule has 1 saturated heterocycles. The van der Waals surface area contributed by atoms with Gasteiger partial charge in [-0.1, -0.05) is 6.92 Å². The van der Waals surface area contributed by atoms with Crippen LogP contribution in [0.3, 0.4) is 0 Å². The molecular formula is C6H13NO2. The third kappa shape index (κ3) is 1.93. The van der Waals surface area contributed by atoms with Gasteiger partial charge in [0, 0.05) is 12.8 Å². The average Bonchev–Trinajstić information content (AvgIpc) is 1.78. The van der Waals surface area contributed by atoms with Crippen molar-refractivity contribution in [3.05, 3.63) is 0 Å². The minimum Gasteiger partial charge on any atom is -0.337 e. The molecular weight excluding hydrogens is 118 g/mol. The van der Waals surface area contributed by atoms with Crippen LogP contribution in [0.4, 0.5) is 0 Å². The van der Waals surface area contributed by atoms with Crippen LogP contribution in [-0.2, 0) is 9.47 Å². The Morgan fingerprint density at radius 2 is 1.89 bits per heavy atom. The molecule has 0 unspecified atom stereocenters. The van der Waals surface area contributed by atoms with Crippen molar-refractivity contribution in [1.29, 1.82) is 0 Å². The maximum Gasteiger partial charge on any atom is 0.221 e. The molecule has 1 heterocycles. The fourth-order valence-electron chi connectivity index (χ4n) is 0.705. The second-order valence-corrected chi connectivity index (χ2v) is 2.74. The van der Waals surface area contributed by atoms with Gasteiger partial charge in [-0.25, -0.2) is 0 Å². The largest absolute Gasteiger partial charge is 0.337 e. The zero-order valence-corrected chi connectivity index (χ0v) is 5.89. The van der Waals surface area contributed by atoms with Crippen molar-refractivity contribution < 1.29 is 9.47 Å². The molecule has 0 atom stereocenters. The van der Waals surface area contributed by atoms with Crippen molar-refractivity contribution in [2.75, 3.05) is 13.2 Å². The monoisotopic (exact) mass is 131 g/mol. The fraction of sp³-hybridized carbons (Fsp3) is 1.00. The van der Waals surface area contributed by atoms with Gasteiger partial charge in [0.05, 0.1) is 13.2 Å². The maximum absolute atomic E-state index is 5.50. The lowest BCUT2D eigenvalue weighted by Gasteiger charge is -2.32. The average molecular weight is 131 g/mol. The standard InChI is InChI=1S/C6H13NO2/c1-5-3-8-6(2,7)9-4-5/h5H,3-4,7H2,1-2H3. The van der Waals surface area contributed by atoms with Crippen LogP contribution in [-0.4, -0.2) is 19.1 Å². The molecule has 0 saturated carbocycles. The first kappa shape index (κ1) is 6.99. The number of hydrogen-bond acceptors (Lipinski definition) is 3. The van der Waals surface area contributed by atoms with Crippen molar-refractivity contribution >= 4 is 0 Å². The van der Waals surface area contributed by atoms with E-state index >= 15 is 0 Å². The lowest BCUT2D eigenvalue weighted by atomic mass is 10.2. The van der Waals surface area contributed by atoms with E-state index in [9.17, 15) is 0 Å². The topological polar surface area (TPSA) is 44.5 Å². The molecule has 3 nitrogen and oxygen atoms in total. The van der Waals surface area contributed by atoms with E-state index in [2.05, 4.69) is 6.92 Å². The third-order valence-electron chi connectivity index (χ3n) is 1.31. The first-order chi connectivity index (χ1) is 4.10. The van der Waals surface area contributed by atoms with Crippen LogP contribution >= 0.6 is 0 Å². The highest BCUT2D eigenvalue weighted by Crippen LogP contribution is 2.14. The van der Waals surface area contributed by atoms with Crippen LogP contribution in [0.2, 0.25) is 0 Å². The van der Waals surface area contributed by atoms with Gasteiger partial charge >= 0.3 is 0 Å². The molecule has 0 aromatic carbocycles. The first-order valence-corrected chi connectivity index (χ1v) is 3.17. The van der Waals surface area contributed by atoms with Crippen molar-refractivity contribution in [2.24, 2.45) is 11.7 Å². The predicted octanol–water partition coefficient (Wildman–Crippen LogP) is 0.302. The number of ether oxygens (including phenoxy) is 2. The van der Waals surface area contributed by atoms with Crippen LogP contribution in [0.25, 0.3) is 0 Å². The zero-order valence-electron chi connectivity index (χ0n) is 5.89. The molecule has 9 heavy (non-hydrogen) atoms. The molecule has 54 valence electrons. The molecule has 0 aromatic heterocycles. The van der Waals surface area contributed by atoms with Crippen LogP contribution in [0.15, 0.2) is 0 Å². The Bertz CT molecular complexity index is 93.2. The van der Waals surface area contributed by atoms with Gasteiger partial charge in [-0.15, -0.1) is 0 Å². The van der Waals surface area contributed by atoms with Gasteiger partial charge in [-0.05, 0) is 0 Å². The molecule has 0 amide bonds.